The quantitative estimate of drug-likeness (QED) is 0.750. The molecule has 1 N–H and O–H groups in total. The van der Waals surface area contributed by atoms with Crippen LogP contribution in [0.1, 0.15) is 29.0 Å². The maximum absolute atomic E-state index is 12.7. The van der Waals surface area contributed by atoms with Crippen LogP contribution in [0.4, 0.5) is 0 Å². The molecule has 2 aromatic rings. The van der Waals surface area contributed by atoms with Crippen molar-refractivity contribution >= 4 is 5.91 Å². The fraction of sp³-hybridized carbons (Fsp3) is 0.500. The summed E-state index contributed by atoms with van der Waals surface area (Å²) in [6, 6.07) is 7.15. The highest BCUT2D eigenvalue weighted by Crippen LogP contribution is 2.26. The number of aliphatic hydroxyl groups is 1. The van der Waals surface area contributed by atoms with E-state index in [1.807, 2.05) is 17.7 Å². The fourth-order valence-electron chi connectivity index (χ4n) is 3.29. The van der Waals surface area contributed by atoms with Gasteiger partial charge < -0.3 is 24.0 Å². The number of nitrogens with zero attached hydrogens (tertiary/aromatic N) is 3. The lowest BCUT2D eigenvalue weighted by Gasteiger charge is -2.38. The zero-order valence-corrected chi connectivity index (χ0v) is 15.9. The van der Waals surface area contributed by atoms with Crippen LogP contribution in [0.5, 0.6) is 5.75 Å². The average Bonchev–Trinajstić information content (AvgIpc) is 3.07. The molecule has 1 aliphatic heterocycles. The molecule has 0 atom stereocenters. The molecule has 1 fully saturated rings. The van der Waals surface area contributed by atoms with Gasteiger partial charge in [0.05, 0.1) is 18.8 Å². The van der Waals surface area contributed by atoms with Crippen LogP contribution < -0.4 is 4.74 Å². The zero-order valence-electron chi connectivity index (χ0n) is 15.9. The largest absolute Gasteiger partial charge is 0.491 e. The summed E-state index contributed by atoms with van der Waals surface area (Å²) in [6.45, 7) is 4.50. The van der Waals surface area contributed by atoms with Gasteiger partial charge in [-0.1, -0.05) is 0 Å². The van der Waals surface area contributed by atoms with Crippen LogP contribution in [0.25, 0.3) is 0 Å². The van der Waals surface area contributed by atoms with Gasteiger partial charge in [-0.05, 0) is 44.0 Å². The summed E-state index contributed by atoms with van der Waals surface area (Å²) >= 11 is 0. The molecule has 1 aromatic carbocycles. The smallest absolute Gasteiger partial charge is 0.253 e. The van der Waals surface area contributed by atoms with Gasteiger partial charge in [0.15, 0.2) is 0 Å². The Labute approximate surface area is 159 Å². The van der Waals surface area contributed by atoms with E-state index in [4.69, 9.17) is 9.47 Å². The second-order valence-electron chi connectivity index (χ2n) is 6.98. The first-order valence-corrected chi connectivity index (χ1v) is 9.22. The number of hydrogen-bond donors (Lipinski definition) is 1. The van der Waals surface area contributed by atoms with Crippen LogP contribution in [0.2, 0.25) is 0 Å². The molecule has 1 amide bonds. The molecule has 0 aliphatic carbocycles. The molecule has 3 rings (SSSR count). The fourth-order valence-corrected chi connectivity index (χ4v) is 3.29. The first-order valence-electron chi connectivity index (χ1n) is 9.22. The number of aromatic nitrogens is 2. The van der Waals surface area contributed by atoms with Gasteiger partial charge in [0.2, 0.25) is 0 Å². The lowest BCUT2D eigenvalue weighted by Crippen LogP contribution is -2.48. The number of hydrogen-bond acceptors (Lipinski definition) is 5. The maximum Gasteiger partial charge on any atom is 0.253 e. The van der Waals surface area contributed by atoms with Gasteiger partial charge in [0.25, 0.3) is 5.91 Å². The number of rotatable bonds is 7. The Morgan fingerprint density at radius 1 is 1.22 bits per heavy atom. The molecule has 7 nitrogen and oxygen atoms in total. The molecule has 27 heavy (non-hydrogen) atoms. The number of ether oxygens (including phenoxy) is 2. The number of piperidine rings is 1. The lowest BCUT2D eigenvalue weighted by molar-refractivity contribution is -0.0295. The molecule has 7 heteroatoms. The summed E-state index contributed by atoms with van der Waals surface area (Å²) in [5.74, 6) is 1.58. The normalized spacial score (nSPS) is 16.3. The van der Waals surface area contributed by atoms with Gasteiger partial charge in [-0.3, -0.25) is 4.79 Å². The number of aryl methyl sites for hydroxylation is 1. The number of benzene rings is 1. The number of amides is 1. The molecule has 0 saturated carbocycles. The van der Waals surface area contributed by atoms with Crippen molar-refractivity contribution in [1.29, 1.82) is 0 Å². The van der Waals surface area contributed by atoms with Crippen molar-refractivity contribution in [2.24, 2.45) is 0 Å². The molecule has 1 aromatic heterocycles. The van der Waals surface area contributed by atoms with Crippen molar-refractivity contribution in [3.05, 3.63) is 48.0 Å². The van der Waals surface area contributed by atoms with Crippen molar-refractivity contribution in [3.8, 4) is 5.75 Å². The Hall–Kier alpha value is -2.38. The Morgan fingerprint density at radius 2 is 1.93 bits per heavy atom. The monoisotopic (exact) mass is 373 g/mol. The molecule has 2 heterocycles. The molecule has 1 saturated heterocycles. The minimum Gasteiger partial charge on any atom is -0.491 e. The van der Waals surface area contributed by atoms with Crippen LogP contribution >= 0.6 is 0 Å². The number of carbonyl (C=O) groups excluding carboxylic acids is 1. The van der Waals surface area contributed by atoms with Crippen LogP contribution in [0.15, 0.2) is 36.7 Å². The predicted molar refractivity (Wildman–Crippen MR) is 101 cm³/mol. The Morgan fingerprint density at radius 3 is 2.52 bits per heavy atom. The first kappa shape index (κ1) is 19.4. The Kier molecular flexibility index (Phi) is 6.13. The van der Waals surface area contributed by atoms with E-state index in [0.29, 0.717) is 57.0 Å². The van der Waals surface area contributed by atoms with Crippen molar-refractivity contribution in [2.45, 2.75) is 31.9 Å². The average molecular weight is 373 g/mol. The van der Waals surface area contributed by atoms with Gasteiger partial charge >= 0.3 is 0 Å². The van der Waals surface area contributed by atoms with E-state index in [1.165, 1.54) is 0 Å². The van der Waals surface area contributed by atoms with Crippen LogP contribution in [-0.2, 0) is 11.3 Å². The van der Waals surface area contributed by atoms with Gasteiger partial charge in [-0.2, -0.15) is 0 Å². The Balaban J connectivity index is 1.54. The van der Waals surface area contributed by atoms with E-state index < -0.39 is 5.60 Å². The molecule has 0 bridgehead atoms. The number of methoxy groups -OCH3 is 1. The van der Waals surface area contributed by atoms with Crippen molar-refractivity contribution in [2.75, 3.05) is 33.4 Å². The summed E-state index contributed by atoms with van der Waals surface area (Å²) in [4.78, 5) is 18.7. The molecule has 0 radical (unpaired) electrons. The summed E-state index contributed by atoms with van der Waals surface area (Å²) in [6.07, 6.45) is 4.71. The lowest BCUT2D eigenvalue weighted by atomic mass is 9.91. The van der Waals surface area contributed by atoms with Gasteiger partial charge in [-0.15, -0.1) is 0 Å². The van der Waals surface area contributed by atoms with Crippen molar-refractivity contribution < 1.29 is 19.4 Å². The first-order chi connectivity index (χ1) is 13.0. The van der Waals surface area contributed by atoms with Crippen molar-refractivity contribution in [3.63, 3.8) is 0 Å². The van der Waals surface area contributed by atoms with Gasteiger partial charge in [0.1, 0.15) is 18.2 Å². The molecule has 1 aliphatic rings. The van der Waals surface area contributed by atoms with E-state index >= 15 is 0 Å². The van der Waals surface area contributed by atoms with E-state index in [0.717, 1.165) is 5.82 Å². The number of imidazole rings is 1. The second kappa shape index (κ2) is 8.54. The summed E-state index contributed by atoms with van der Waals surface area (Å²) in [7, 11) is 1.63. The van der Waals surface area contributed by atoms with E-state index in [2.05, 4.69) is 4.98 Å². The highest BCUT2D eigenvalue weighted by atomic mass is 16.5. The highest BCUT2D eigenvalue weighted by molar-refractivity contribution is 5.94. The standard InChI is InChI=1S/C20H27N3O4/c1-16-21-9-12-23(16)15-20(25)7-10-22(11-8-20)19(24)17-3-5-18(6-4-17)27-14-13-26-2/h3-6,9,12,25H,7-8,10-11,13-15H2,1-2H3. The maximum atomic E-state index is 12.7. The second-order valence-corrected chi connectivity index (χ2v) is 6.98. The Bertz CT molecular complexity index is 749. The SMILES string of the molecule is COCCOc1ccc(C(=O)N2CCC(O)(Cn3ccnc3C)CC2)cc1. The van der Waals surface area contributed by atoms with Gasteiger partial charge in [0, 0.05) is 38.2 Å². The summed E-state index contributed by atoms with van der Waals surface area (Å²) in [5.41, 5.74) is -0.175. The highest BCUT2D eigenvalue weighted by Gasteiger charge is 2.34. The molecular formula is C20H27N3O4. The van der Waals surface area contributed by atoms with Crippen LogP contribution in [-0.4, -0.2) is 64.5 Å². The van der Waals surface area contributed by atoms with Crippen molar-refractivity contribution in [1.82, 2.24) is 14.5 Å². The minimum absolute atomic E-state index is 0.0145. The molecule has 0 unspecified atom stereocenters. The molecule has 0 spiro atoms. The van der Waals surface area contributed by atoms with E-state index in [1.54, 1.807) is 42.5 Å². The summed E-state index contributed by atoms with van der Waals surface area (Å²) in [5, 5.41) is 10.9. The zero-order chi connectivity index (χ0) is 19.3. The number of carbonyl (C=O) groups is 1. The van der Waals surface area contributed by atoms with E-state index in [9.17, 15) is 9.90 Å². The van der Waals surface area contributed by atoms with E-state index in [-0.39, 0.29) is 5.91 Å². The third kappa shape index (κ3) is 4.87. The van der Waals surface area contributed by atoms with Gasteiger partial charge in [-0.25, -0.2) is 4.98 Å². The van der Waals surface area contributed by atoms with Crippen LogP contribution in [0.3, 0.4) is 0 Å². The minimum atomic E-state index is -0.804. The predicted octanol–water partition coefficient (Wildman–Crippen LogP) is 1.88. The molecule has 146 valence electrons. The topological polar surface area (TPSA) is 76.8 Å². The third-order valence-corrected chi connectivity index (χ3v) is 5.03. The molecular weight excluding hydrogens is 346 g/mol. The van der Waals surface area contributed by atoms with Crippen LogP contribution in [0, 0.1) is 6.92 Å². The summed E-state index contributed by atoms with van der Waals surface area (Å²) < 4.78 is 12.4. The number of likely N-dealkylation sites (tertiary alicyclic amines) is 1. The third-order valence-electron chi connectivity index (χ3n) is 5.03.